The first-order valence-electron chi connectivity index (χ1n) is 8.92. The van der Waals surface area contributed by atoms with Gasteiger partial charge in [-0.3, -0.25) is 14.4 Å². The number of aliphatic imine (C=N–C) groups is 1. The number of aromatic nitrogens is 3. The van der Waals surface area contributed by atoms with Gasteiger partial charge < -0.3 is 4.74 Å². The number of hydrogen-bond donors (Lipinski definition) is 0. The van der Waals surface area contributed by atoms with Gasteiger partial charge in [0.05, 0.1) is 24.9 Å². The van der Waals surface area contributed by atoms with Crippen molar-refractivity contribution in [3.8, 4) is 5.69 Å². The van der Waals surface area contributed by atoms with Crippen molar-refractivity contribution in [2.45, 2.75) is 26.3 Å². The van der Waals surface area contributed by atoms with Gasteiger partial charge in [-0.2, -0.15) is 0 Å². The highest BCUT2D eigenvalue weighted by Gasteiger charge is 2.29. The van der Waals surface area contributed by atoms with Crippen LogP contribution in [-0.2, 0) is 9.53 Å². The monoisotopic (exact) mass is 394 g/mol. The van der Waals surface area contributed by atoms with Crippen LogP contribution in [0, 0.1) is 13.8 Å². The molecule has 0 bridgehead atoms. The van der Waals surface area contributed by atoms with Crippen molar-refractivity contribution in [2.75, 3.05) is 7.11 Å². The maximum absolute atomic E-state index is 12.1. The Hall–Kier alpha value is -2.99. The summed E-state index contributed by atoms with van der Waals surface area (Å²) in [5.41, 5.74) is 4.71. The number of esters is 1. The molecule has 0 fully saturated rings. The summed E-state index contributed by atoms with van der Waals surface area (Å²) in [6, 6.07) is 13.2. The standard InChI is InChI=1S/C21H19ClN4O2/c1-12-4-9-18-16(10-12)20(14-5-7-15(22)8-6-14)23-17(11-19(27)28-3)21-25-24-13(2)26(18)21/h4-10,17H,11H2,1-3H3/t17-/m0/s1. The minimum Gasteiger partial charge on any atom is -0.469 e. The number of nitrogens with zero attached hydrogens (tertiary/aromatic N) is 4. The summed E-state index contributed by atoms with van der Waals surface area (Å²) < 4.78 is 6.85. The van der Waals surface area contributed by atoms with Crippen molar-refractivity contribution in [3.05, 3.63) is 75.8 Å². The molecule has 0 spiro atoms. The molecule has 0 unspecified atom stereocenters. The number of benzene rings is 2. The first kappa shape index (κ1) is 18.4. The van der Waals surface area contributed by atoms with Crippen LogP contribution in [0.2, 0.25) is 5.02 Å². The highest BCUT2D eigenvalue weighted by Crippen LogP contribution is 2.33. The molecule has 7 heteroatoms. The molecule has 1 aliphatic heterocycles. The molecule has 2 aromatic carbocycles. The summed E-state index contributed by atoms with van der Waals surface area (Å²) in [7, 11) is 1.37. The second kappa shape index (κ2) is 7.20. The number of ether oxygens (including phenoxy) is 1. The molecule has 1 aliphatic rings. The number of halogens is 1. The van der Waals surface area contributed by atoms with E-state index in [2.05, 4.69) is 16.3 Å². The Kier molecular flexibility index (Phi) is 4.73. The molecule has 6 nitrogen and oxygen atoms in total. The van der Waals surface area contributed by atoms with Gasteiger partial charge in [-0.25, -0.2) is 0 Å². The molecule has 28 heavy (non-hydrogen) atoms. The second-order valence-corrected chi connectivity index (χ2v) is 7.18. The molecular weight excluding hydrogens is 376 g/mol. The van der Waals surface area contributed by atoms with Crippen LogP contribution in [0.15, 0.2) is 47.5 Å². The molecule has 2 heterocycles. The molecule has 0 amide bonds. The molecule has 0 saturated heterocycles. The van der Waals surface area contributed by atoms with Crippen LogP contribution in [0.3, 0.4) is 0 Å². The predicted octanol–water partition coefficient (Wildman–Crippen LogP) is 3.99. The molecule has 1 aromatic heterocycles. The molecule has 3 aromatic rings. The van der Waals surface area contributed by atoms with Gasteiger partial charge >= 0.3 is 5.97 Å². The van der Waals surface area contributed by atoms with Crippen LogP contribution in [0.4, 0.5) is 0 Å². The fraction of sp³-hybridized carbons (Fsp3) is 0.238. The van der Waals surface area contributed by atoms with E-state index >= 15 is 0 Å². The number of rotatable bonds is 3. The van der Waals surface area contributed by atoms with Gasteiger partial charge in [0.15, 0.2) is 5.82 Å². The van der Waals surface area contributed by atoms with Crippen molar-refractivity contribution in [3.63, 3.8) is 0 Å². The van der Waals surface area contributed by atoms with Gasteiger partial charge in [-0.05, 0) is 38.1 Å². The van der Waals surface area contributed by atoms with Crippen molar-refractivity contribution in [1.82, 2.24) is 14.8 Å². The molecule has 0 saturated carbocycles. The molecule has 142 valence electrons. The summed E-state index contributed by atoms with van der Waals surface area (Å²) >= 11 is 6.08. The number of hydrogen-bond acceptors (Lipinski definition) is 5. The number of methoxy groups -OCH3 is 1. The largest absolute Gasteiger partial charge is 0.469 e. The van der Waals surface area contributed by atoms with Gasteiger partial charge in [0.2, 0.25) is 0 Å². The van der Waals surface area contributed by atoms with Crippen LogP contribution in [-0.4, -0.2) is 33.6 Å². The maximum atomic E-state index is 12.1. The van der Waals surface area contributed by atoms with E-state index in [1.54, 1.807) is 0 Å². The van der Waals surface area contributed by atoms with Crippen LogP contribution in [0.1, 0.15) is 40.8 Å². The van der Waals surface area contributed by atoms with E-state index in [-0.39, 0.29) is 12.4 Å². The van der Waals surface area contributed by atoms with E-state index in [4.69, 9.17) is 21.3 Å². The Labute approximate surface area is 167 Å². The highest BCUT2D eigenvalue weighted by molar-refractivity contribution is 6.30. The smallest absolute Gasteiger partial charge is 0.308 e. The highest BCUT2D eigenvalue weighted by atomic mass is 35.5. The Balaban J connectivity index is 1.99. The quantitative estimate of drug-likeness (QED) is 0.630. The number of fused-ring (bicyclic) bond motifs is 3. The number of aryl methyl sites for hydroxylation is 2. The maximum Gasteiger partial charge on any atom is 0.308 e. The lowest BCUT2D eigenvalue weighted by molar-refractivity contribution is -0.141. The topological polar surface area (TPSA) is 69.4 Å². The molecule has 0 radical (unpaired) electrons. The molecular formula is C21H19ClN4O2. The fourth-order valence-electron chi connectivity index (χ4n) is 3.43. The second-order valence-electron chi connectivity index (χ2n) is 6.74. The van der Waals surface area contributed by atoms with Gasteiger partial charge in [0.25, 0.3) is 0 Å². The van der Waals surface area contributed by atoms with Gasteiger partial charge in [0.1, 0.15) is 11.9 Å². The van der Waals surface area contributed by atoms with E-state index in [1.807, 2.05) is 54.8 Å². The third-order valence-electron chi connectivity index (χ3n) is 4.79. The minimum atomic E-state index is -0.507. The summed E-state index contributed by atoms with van der Waals surface area (Å²) in [6.45, 7) is 3.93. The van der Waals surface area contributed by atoms with E-state index in [0.717, 1.165) is 33.9 Å². The van der Waals surface area contributed by atoms with Crippen molar-refractivity contribution < 1.29 is 9.53 Å². The summed E-state index contributed by atoms with van der Waals surface area (Å²) in [5.74, 6) is 1.01. The predicted molar refractivity (Wildman–Crippen MR) is 107 cm³/mol. The first-order valence-corrected chi connectivity index (χ1v) is 9.29. The third kappa shape index (κ3) is 3.20. The van der Waals surface area contributed by atoms with E-state index < -0.39 is 6.04 Å². The van der Waals surface area contributed by atoms with Gasteiger partial charge in [0, 0.05) is 16.1 Å². The van der Waals surface area contributed by atoms with Crippen LogP contribution >= 0.6 is 11.6 Å². The SMILES string of the molecule is COC(=O)C[C@@H]1N=C(c2ccc(Cl)cc2)c2cc(C)ccc2-n2c(C)nnc21. The molecule has 1 atom stereocenters. The van der Waals surface area contributed by atoms with Crippen molar-refractivity contribution in [2.24, 2.45) is 4.99 Å². The lowest BCUT2D eigenvalue weighted by Crippen LogP contribution is -2.12. The molecule has 0 N–H and O–H groups in total. The number of carbonyl (C=O) groups is 1. The summed E-state index contributed by atoms with van der Waals surface area (Å²) in [5, 5.41) is 9.21. The van der Waals surface area contributed by atoms with E-state index in [9.17, 15) is 4.79 Å². The molecule has 4 rings (SSSR count). The van der Waals surface area contributed by atoms with Crippen molar-refractivity contribution >= 4 is 23.3 Å². The Morgan fingerprint density at radius 3 is 2.61 bits per heavy atom. The Morgan fingerprint density at radius 1 is 1.14 bits per heavy atom. The van der Waals surface area contributed by atoms with Crippen molar-refractivity contribution in [1.29, 1.82) is 0 Å². The molecule has 0 aliphatic carbocycles. The normalized spacial score (nSPS) is 15.3. The average Bonchev–Trinajstić information content (AvgIpc) is 3.01. The van der Waals surface area contributed by atoms with E-state index in [0.29, 0.717) is 10.8 Å². The lowest BCUT2D eigenvalue weighted by atomic mass is 9.98. The third-order valence-corrected chi connectivity index (χ3v) is 5.04. The average molecular weight is 395 g/mol. The lowest BCUT2D eigenvalue weighted by Gasteiger charge is -2.13. The first-order chi connectivity index (χ1) is 13.5. The van der Waals surface area contributed by atoms with Crippen LogP contribution in [0.25, 0.3) is 5.69 Å². The van der Waals surface area contributed by atoms with Gasteiger partial charge in [-0.1, -0.05) is 35.4 Å². The number of carbonyl (C=O) groups excluding carboxylic acids is 1. The zero-order valence-corrected chi connectivity index (χ0v) is 16.6. The Morgan fingerprint density at radius 2 is 1.89 bits per heavy atom. The van der Waals surface area contributed by atoms with Gasteiger partial charge in [-0.15, -0.1) is 10.2 Å². The Bertz CT molecular complexity index is 1090. The minimum absolute atomic E-state index is 0.0820. The summed E-state index contributed by atoms with van der Waals surface area (Å²) in [6.07, 6.45) is 0.0820. The van der Waals surface area contributed by atoms with Crippen LogP contribution in [0.5, 0.6) is 0 Å². The summed E-state index contributed by atoms with van der Waals surface area (Å²) in [4.78, 5) is 17.0. The fourth-order valence-corrected chi connectivity index (χ4v) is 3.55. The zero-order valence-electron chi connectivity index (χ0n) is 15.8. The van der Waals surface area contributed by atoms with Crippen LogP contribution < -0.4 is 0 Å². The van der Waals surface area contributed by atoms with E-state index in [1.165, 1.54) is 7.11 Å². The zero-order chi connectivity index (χ0) is 19.8.